The van der Waals surface area contributed by atoms with E-state index in [2.05, 4.69) is 10.6 Å². The van der Waals surface area contributed by atoms with Crippen molar-refractivity contribution in [3.8, 4) is 0 Å². The summed E-state index contributed by atoms with van der Waals surface area (Å²) in [4.78, 5) is 45.3. The first-order chi connectivity index (χ1) is 10.8. The van der Waals surface area contributed by atoms with Crippen molar-refractivity contribution in [3.05, 3.63) is 0 Å². The van der Waals surface area contributed by atoms with E-state index in [-0.39, 0.29) is 0 Å². The number of carbonyl (C=O) groups is 4. The van der Waals surface area contributed by atoms with Gasteiger partial charge in [-0.1, -0.05) is 0 Å². The Kier molecular flexibility index (Phi) is 13.8. The van der Waals surface area contributed by atoms with Crippen molar-refractivity contribution in [2.45, 2.75) is 25.7 Å². The van der Waals surface area contributed by atoms with E-state index in [4.69, 9.17) is 0 Å². The van der Waals surface area contributed by atoms with E-state index in [0.717, 1.165) is 38.5 Å². The molecule has 2 N–H and O–H groups in total. The van der Waals surface area contributed by atoms with Gasteiger partial charge in [-0.15, -0.1) is 0 Å². The minimum Gasteiger partial charge on any atom is -0.359 e. The Bertz CT molecular complexity index is 285. The van der Waals surface area contributed by atoms with Crippen molar-refractivity contribution in [1.82, 2.24) is 20.4 Å². The largest absolute Gasteiger partial charge is 0.359 e. The van der Waals surface area contributed by atoms with Crippen molar-refractivity contribution in [1.29, 1.82) is 0 Å². The molecule has 4 amide bonds. The van der Waals surface area contributed by atoms with Gasteiger partial charge >= 0.3 is 0 Å². The molecule has 0 aromatic rings. The molecule has 0 fully saturated rings. The minimum atomic E-state index is 0.557. The van der Waals surface area contributed by atoms with Crippen molar-refractivity contribution < 1.29 is 19.2 Å². The van der Waals surface area contributed by atoms with Gasteiger partial charge in [0.2, 0.25) is 25.6 Å². The molecule has 0 aliphatic carbocycles. The summed E-state index contributed by atoms with van der Waals surface area (Å²) in [6.45, 7) is 3.62. The molecule has 0 spiro atoms. The normalized spacial score (nSPS) is 9.64. The molecule has 0 radical (unpaired) electrons. The molecule has 0 atom stereocenters. The van der Waals surface area contributed by atoms with Crippen LogP contribution >= 0.6 is 0 Å². The fourth-order valence-corrected chi connectivity index (χ4v) is 1.95. The Labute approximate surface area is 131 Å². The zero-order chi connectivity index (χ0) is 16.5. The molecule has 126 valence electrons. The van der Waals surface area contributed by atoms with E-state index in [1.807, 2.05) is 0 Å². The van der Waals surface area contributed by atoms with Gasteiger partial charge in [0, 0.05) is 39.3 Å². The minimum absolute atomic E-state index is 0.557. The Hall–Kier alpha value is -2.12. The zero-order valence-corrected chi connectivity index (χ0v) is 12.9. The highest BCUT2D eigenvalue weighted by molar-refractivity contribution is 5.48. The third kappa shape index (κ3) is 11.7. The Balaban J connectivity index is 3.67. The number of hydrogen-bond acceptors (Lipinski definition) is 4. The molecule has 22 heavy (non-hydrogen) atoms. The van der Waals surface area contributed by atoms with Crippen LogP contribution in [0.15, 0.2) is 0 Å². The van der Waals surface area contributed by atoms with Crippen molar-refractivity contribution in [2.24, 2.45) is 0 Å². The third-order valence-corrected chi connectivity index (χ3v) is 3.14. The lowest BCUT2D eigenvalue weighted by molar-refractivity contribution is -0.119. The first-order valence-electron chi connectivity index (χ1n) is 7.51. The van der Waals surface area contributed by atoms with Gasteiger partial charge in [0.05, 0.1) is 0 Å². The summed E-state index contributed by atoms with van der Waals surface area (Å²) < 4.78 is 0. The first kappa shape index (κ1) is 19.9. The van der Waals surface area contributed by atoms with Crippen molar-refractivity contribution >= 4 is 25.6 Å². The lowest BCUT2D eigenvalue weighted by Gasteiger charge is -2.19. The van der Waals surface area contributed by atoms with Crippen LogP contribution in [0.4, 0.5) is 0 Å². The number of nitrogens with one attached hydrogen (secondary N) is 2. The molecule has 0 rings (SSSR count). The van der Waals surface area contributed by atoms with Gasteiger partial charge in [-0.05, 0) is 25.7 Å². The second-order valence-electron chi connectivity index (χ2n) is 4.84. The molecule has 0 bridgehead atoms. The van der Waals surface area contributed by atoms with Crippen LogP contribution in [0.25, 0.3) is 0 Å². The highest BCUT2D eigenvalue weighted by Gasteiger charge is 2.04. The molecular weight excluding hydrogens is 288 g/mol. The van der Waals surface area contributed by atoms with Crippen LogP contribution in [0.2, 0.25) is 0 Å². The Morgan fingerprint density at radius 3 is 1.27 bits per heavy atom. The Morgan fingerprint density at radius 1 is 0.591 bits per heavy atom. The fourth-order valence-electron chi connectivity index (χ4n) is 1.95. The number of hydrogen-bond donors (Lipinski definition) is 2. The van der Waals surface area contributed by atoms with Crippen LogP contribution in [-0.4, -0.2) is 74.7 Å². The first-order valence-corrected chi connectivity index (χ1v) is 7.51. The van der Waals surface area contributed by atoms with E-state index in [1.165, 1.54) is 0 Å². The van der Waals surface area contributed by atoms with Gasteiger partial charge in [0.15, 0.2) is 0 Å². The van der Waals surface area contributed by atoms with E-state index in [0.29, 0.717) is 52.1 Å². The summed E-state index contributed by atoms with van der Waals surface area (Å²) in [5.74, 6) is 0. The standard InChI is InChI=1S/C14H26N4O4/c19-11-15-5-3-9-17(13-21)7-1-2-8-18(14-22)10-4-6-16-12-20/h11-14H,1-10H2,(H,15,19)(H,16,20). The molecular formula is C14H26N4O4. The maximum Gasteiger partial charge on any atom is 0.209 e. The molecule has 0 unspecified atom stereocenters. The maximum atomic E-state index is 10.9. The second kappa shape index (κ2) is 15.3. The summed E-state index contributed by atoms with van der Waals surface area (Å²) in [5, 5.41) is 5.10. The van der Waals surface area contributed by atoms with Crippen LogP contribution in [0.5, 0.6) is 0 Å². The fraction of sp³-hybridized carbons (Fsp3) is 0.714. The monoisotopic (exact) mass is 314 g/mol. The van der Waals surface area contributed by atoms with Gasteiger partial charge in [-0.2, -0.15) is 0 Å². The molecule has 0 saturated heterocycles. The SMILES string of the molecule is O=CNCCCN(C=O)CCCCN(C=O)CCCNC=O. The number of rotatable bonds is 17. The zero-order valence-electron chi connectivity index (χ0n) is 12.9. The quantitative estimate of drug-likeness (QED) is 0.264. The summed E-state index contributed by atoms with van der Waals surface area (Å²) in [7, 11) is 0. The summed E-state index contributed by atoms with van der Waals surface area (Å²) >= 11 is 0. The average Bonchev–Trinajstić information content (AvgIpc) is 2.55. The van der Waals surface area contributed by atoms with E-state index < -0.39 is 0 Å². The smallest absolute Gasteiger partial charge is 0.209 e. The van der Waals surface area contributed by atoms with Crippen molar-refractivity contribution in [3.63, 3.8) is 0 Å². The van der Waals surface area contributed by atoms with Crippen LogP contribution in [0, 0.1) is 0 Å². The molecule has 0 aliphatic heterocycles. The van der Waals surface area contributed by atoms with Gasteiger partial charge in [-0.25, -0.2) is 0 Å². The maximum absolute atomic E-state index is 10.9. The van der Waals surface area contributed by atoms with Gasteiger partial charge in [0.25, 0.3) is 0 Å². The predicted octanol–water partition coefficient (Wildman–Crippen LogP) is -1.04. The molecule has 0 heterocycles. The van der Waals surface area contributed by atoms with Crippen LogP contribution < -0.4 is 10.6 Å². The molecule has 0 saturated carbocycles. The van der Waals surface area contributed by atoms with E-state index >= 15 is 0 Å². The molecule has 8 heteroatoms. The van der Waals surface area contributed by atoms with E-state index in [9.17, 15) is 19.2 Å². The second-order valence-corrected chi connectivity index (χ2v) is 4.84. The summed E-state index contributed by atoms with van der Waals surface area (Å²) in [5.41, 5.74) is 0. The lowest BCUT2D eigenvalue weighted by Crippen LogP contribution is -2.29. The van der Waals surface area contributed by atoms with Gasteiger partial charge < -0.3 is 20.4 Å². The highest BCUT2D eigenvalue weighted by atomic mass is 16.1. The summed E-state index contributed by atoms with van der Waals surface area (Å²) in [6, 6.07) is 0. The molecule has 0 aliphatic rings. The average molecular weight is 314 g/mol. The highest BCUT2D eigenvalue weighted by Crippen LogP contribution is 1.98. The number of unbranched alkanes of at least 4 members (excludes halogenated alkanes) is 1. The van der Waals surface area contributed by atoms with Gasteiger partial charge in [0.1, 0.15) is 0 Å². The Morgan fingerprint density at radius 2 is 0.955 bits per heavy atom. The van der Waals surface area contributed by atoms with Crippen LogP contribution in [-0.2, 0) is 19.2 Å². The molecule has 8 nitrogen and oxygen atoms in total. The summed E-state index contributed by atoms with van der Waals surface area (Å²) in [6.07, 6.45) is 5.98. The third-order valence-electron chi connectivity index (χ3n) is 3.14. The number of amides is 4. The van der Waals surface area contributed by atoms with E-state index in [1.54, 1.807) is 9.80 Å². The predicted molar refractivity (Wildman–Crippen MR) is 81.9 cm³/mol. The topological polar surface area (TPSA) is 98.8 Å². The number of nitrogens with zero attached hydrogens (tertiary/aromatic N) is 2. The molecule has 0 aromatic heterocycles. The van der Waals surface area contributed by atoms with Crippen LogP contribution in [0.3, 0.4) is 0 Å². The lowest BCUT2D eigenvalue weighted by atomic mass is 10.2. The molecule has 0 aromatic carbocycles. The van der Waals surface area contributed by atoms with Crippen molar-refractivity contribution in [2.75, 3.05) is 39.3 Å². The van der Waals surface area contributed by atoms with Crippen LogP contribution in [0.1, 0.15) is 25.7 Å². The van der Waals surface area contributed by atoms with Gasteiger partial charge in [-0.3, -0.25) is 19.2 Å². The number of carbonyl (C=O) groups excluding carboxylic acids is 4.